The van der Waals surface area contributed by atoms with Crippen molar-refractivity contribution in [1.29, 1.82) is 0 Å². The van der Waals surface area contributed by atoms with Gasteiger partial charge in [0.25, 0.3) is 15.9 Å². The molecule has 0 saturated heterocycles. The summed E-state index contributed by atoms with van der Waals surface area (Å²) >= 11 is 5.72. The van der Waals surface area contributed by atoms with Crippen molar-refractivity contribution in [3.8, 4) is 5.75 Å². The number of anilines is 2. The normalized spacial score (nSPS) is 13.4. The molecular formula is C24H22ClFN2O4S. The minimum absolute atomic E-state index is 0.0994. The summed E-state index contributed by atoms with van der Waals surface area (Å²) < 4.78 is 46.9. The molecule has 0 unspecified atom stereocenters. The Morgan fingerprint density at radius 1 is 1.15 bits per heavy atom. The molecule has 0 radical (unpaired) electrons. The average Bonchev–Trinajstić information content (AvgIpc) is 2.80. The summed E-state index contributed by atoms with van der Waals surface area (Å²) in [6, 6.07) is 15.9. The number of ether oxygens (including phenoxy) is 1. The van der Waals surface area contributed by atoms with Crippen LogP contribution in [0.3, 0.4) is 0 Å². The fraction of sp³-hybridized carbons (Fsp3) is 0.208. The Balaban J connectivity index is 1.46. The third-order valence-electron chi connectivity index (χ3n) is 5.36. The second-order valence-electron chi connectivity index (χ2n) is 7.70. The second-order valence-corrected chi connectivity index (χ2v) is 9.97. The van der Waals surface area contributed by atoms with Gasteiger partial charge in [0.2, 0.25) is 0 Å². The number of nitrogens with one attached hydrogen (secondary N) is 1. The van der Waals surface area contributed by atoms with Crippen LogP contribution in [-0.4, -0.2) is 27.5 Å². The highest BCUT2D eigenvalue weighted by atomic mass is 35.5. The maximum absolute atomic E-state index is 13.3. The Labute approximate surface area is 197 Å². The van der Waals surface area contributed by atoms with Crippen LogP contribution in [-0.2, 0) is 21.2 Å². The molecule has 0 spiro atoms. The first kappa shape index (κ1) is 23.1. The van der Waals surface area contributed by atoms with E-state index in [1.165, 1.54) is 22.5 Å². The number of hydrogen-bond donors (Lipinski definition) is 1. The summed E-state index contributed by atoms with van der Waals surface area (Å²) in [7, 11) is -3.74. The van der Waals surface area contributed by atoms with E-state index >= 15 is 0 Å². The van der Waals surface area contributed by atoms with E-state index in [2.05, 4.69) is 5.32 Å². The zero-order chi connectivity index (χ0) is 23.6. The van der Waals surface area contributed by atoms with Gasteiger partial charge in [-0.3, -0.25) is 9.10 Å². The summed E-state index contributed by atoms with van der Waals surface area (Å²) in [6.45, 7) is 1.84. The fourth-order valence-electron chi connectivity index (χ4n) is 3.73. The standard InChI is InChI=1S/C24H22ClFN2O4S/c1-16-13-19(33(30,31)28-12-4-6-17-5-2-3-7-22(17)28)9-11-23(16)32-15-24(29)27-18-8-10-21(26)20(25)14-18/h2-3,5,7-11,13-14H,4,6,12,15H2,1H3,(H,27,29). The lowest BCUT2D eigenvalue weighted by Crippen LogP contribution is -2.35. The summed E-state index contributed by atoms with van der Waals surface area (Å²) in [5.41, 5.74) is 2.64. The molecule has 0 fully saturated rings. The molecule has 6 nitrogen and oxygen atoms in total. The molecule has 0 bridgehead atoms. The van der Waals surface area contributed by atoms with Crippen molar-refractivity contribution in [2.75, 3.05) is 22.8 Å². The molecular weight excluding hydrogens is 467 g/mol. The van der Waals surface area contributed by atoms with Crippen molar-refractivity contribution in [2.45, 2.75) is 24.7 Å². The van der Waals surface area contributed by atoms with Crippen LogP contribution >= 0.6 is 11.6 Å². The van der Waals surface area contributed by atoms with Crippen LogP contribution in [0.5, 0.6) is 5.75 Å². The third-order valence-corrected chi connectivity index (χ3v) is 7.46. The van der Waals surface area contributed by atoms with Crippen LogP contribution in [0.15, 0.2) is 65.6 Å². The van der Waals surface area contributed by atoms with Gasteiger partial charge in [0.05, 0.1) is 15.6 Å². The molecule has 3 aromatic rings. The number of benzene rings is 3. The topological polar surface area (TPSA) is 75.7 Å². The molecule has 0 saturated carbocycles. The average molecular weight is 489 g/mol. The zero-order valence-corrected chi connectivity index (χ0v) is 19.4. The van der Waals surface area contributed by atoms with Crippen molar-refractivity contribution >= 4 is 38.9 Å². The van der Waals surface area contributed by atoms with Gasteiger partial charge in [0.15, 0.2) is 6.61 Å². The number of halogens is 2. The van der Waals surface area contributed by atoms with Crippen molar-refractivity contribution in [3.63, 3.8) is 0 Å². The SMILES string of the molecule is Cc1cc(S(=O)(=O)N2CCCc3ccccc32)ccc1OCC(=O)Nc1ccc(F)c(Cl)c1. The van der Waals surface area contributed by atoms with Crippen molar-refractivity contribution in [1.82, 2.24) is 0 Å². The Morgan fingerprint density at radius 2 is 1.94 bits per heavy atom. The maximum atomic E-state index is 13.3. The number of fused-ring (bicyclic) bond motifs is 1. The van der Waals surface area contributed by atoms with Crippen molar-refractivity contribution in [2.24, 2.45) is 0 Å². The van der Waals surface area contributed by atoms with Gasteiger partial charge >= 0.3 is 0 Å². The molecule has 0 aliphatic carbocycles. The summed E-state index contributed by atoms with van der Waals surface area (Å²) in [4.78, 5) is 12.3. The van der Waals surface area contributed by atoms with E-state index in [0.29, 0.717) is 29.2 Å². The van der Waals surface area contributed by atoms with Crippen LogP contribution in [0.2, 0.25) is 5.02 Å². The van der Waals surface area contributed by atoms with Crippen molar-refractivity contribution < 1.29 is 22.3 Å². The molecule has 1 amide bonds. The first-order valence-electron chi connectivity index (χ1n) is 10.3. The van der Waals surface area contributed by atoms with Gasteiger partial charge in [-0.2, -0.15) is 0 Å². The molecule has 1 aliphatic rings. The van der Waals surface area contributed by atoms with Gasteiger partial charge in [-0.15, -0.1) is 0 Å². The number of rotatable bonds is 6. The number of hydrogen-bond acceptors (Lipinski definition) is 4. The lowest BCUT2D eigenvalue weighted by molar-refractivity contribution is -0.118. The summed E-state index contributed by atoms with van der Waals surface area (Å²) in [6.07, 6.45) is 1.60. The maximum Gasteiger partial charge on any atom is 0.264 e. The van der Waals surface area contributed by atoms with E-state index in [-0.39, 0.29) is 16.5 Å². The quantitative estimate of drug-likeness (QED) is 0.533. The highest BCUT2D eigenvalue weighted by Crippen LogP contribution is 2.33. The molecule has 33 heavy (non-hydrogen) atoms. The molecule has 3 aromatic carbocycles. The van der Waals surface area contributed by atoms with Gasteiger partial charge in [-0.05, 0) is 73.4 Å². The lowest BCUT2D eigenvalue weighted by Gasteiger charge is -2.30. The molecule has 172 valence electrons. The molecule has 0 atom stereocenters. The van der Waals surface area contributed by atoms with E-state index in [1.807, 2.05) is 24.3 Å². The number of carbonyl (C=O) groups excluding carboxylic acids is 1. The highest BCUT2D eigenvalue weighted by Gasteiger charge is 2.29. The first-order chi connectivity index (χ1) is 15.8. The number of carbonyl (C=O) groups is 1. The predicted octanol–water partition coefficient (Wildman–Crippen LogP) is 4.95. The smallest absolute Gasteiger partial charge is 0.264 e. The Kier molecular flexibility index (Phi) is 6.58. The minimum Gasteiger partial charge on any atom is -0.483 e. The number of amides is 1. The van der Waals surface area contributed by atoms with Crippen LogP contribution in [0.4, 0.5) is 15.8 Å². The van der Waals surface area contributed by atoms with E-state index in [0.717, 1.165) is 24.5 Å². The summed E-state index contributed by atoms with van der Waals surface area (Å²) in [5, 5.41) is 2.47. The molecule has 1 N–H and O–H groups in total. The molecule has 9 heteroatoms. The van der Waals surface area contributed by atoms with E-state index in [1.54, 1.807) is 19.1 Å². The van der Waals surface area contributed by atoms with Crippen LogP contribution < -0.4 is 14.4 Å². The number of nitrogens with zero attached hydrogens (tertiary/aromatic N) is 1. The number of aryl methyl sites for hydroxylation is 2. The second kappa shape index (κ2) is 9.41. The molecule has 0 aromatic heterocycles. The number of sulfonamides is 1. The summed E-state index contributed by atoms with van der Waals surface area (Å²) in [5.74, 6) is -0.649. The van der Waals surface area contributed by atoms with E-state index < -0.39 is 21.7 Å². The van der Waals surface area contributed by atoms with Crippen LogP contribution in [0, 0.1) is 12.7 Å². The van der Waals surface area contributed by atoms with Gasteiger partial charge < -0.3 is 10.1 Å². The highest BCUT2D eigenvalue weighted by molar-refractivity contribution is 7.92. The predicted molar refractivity (Wildman–Crippen MR) is 126 cm³/mol. The van der Waals surface area contributed by atoms with Gasteiger partial charge in [0.1, 0.15) is 11.6 Å². The molecule has 1 aliphatic heterocycles. The zero-order valence-electron chi connectivity index (χ0n) is 17.8. The third kappa shape index (κ3) is 4.96. The van der Waals surface area contributed by atoms with E-state index in [9.17, 15) is 17.6 Å². The van der Waals surface area contributed by atoms with Gasteiger partial charge in [0, 0.05) is 12.2 Å². The monoisotopic (exact) mass is 488 g/mol. The Morgan fingerprint density at radius 3 is 2.70 bits per heavy atom. The fourth-order valence-corrected chi connectivity index (χ4v) is 5.54. The molecule has 1 heterocycles. The first-order valence-corrected chi connectivity index (χ1v) is 12.2. The van der Waals surface area contributed by atoms with Gasteiger partial charge in [-0.1, -0.05) is 29.8 Å². The lowest BCUT2D eigenvalue weighted by atomic mass is 10.0. The van der Waals surface area contributed by atoms with E-state index in [4.69, 9.17) is 16.3 Å². The van der Waals surface area contributed by atoms with Crippen LogP contribution in [0.25, 0.3) is 0 Å². The number of para-hydroxylation sites is 1. The van der Waals surface area contributed by atoms with Crippen LogP contribution in [0.1, 0.15) is 17.5 Å². The Bertz CT molecular complexity index is 1310. The van der Waals surface area contributed by atoms with Crippen molar-refractivity contribution in [3.05, 3.63) is 82.6 Å². The Hall–Kier alpha value is -3.10. The molecule has 4 rings (SSSR count). The largest absolute Gasteiger partial charge is 0.483 e. The van der Waals surface area contributed by atoms with Gasteiger partial charge in [-0.25, -0.2) is 12.8 Å². The minimum atomic E-state index is -3.74.